The normalized spacial score (nSPS) is 17.2. The van der Waals surface area contributed by atoms with E-state index in [0.29, 0.717) is 5.92 Å². The average Bonchev–Trinajstić information content (AvgIpc) is 2.84. The van der Waals surface area contributed by atoms with Gasteiger partial charge in [0.25, 0.3) is 0 Å². The minimum atomic E-state index is 0.313. The number of aryl methyl sites for hydroxylation is 1. The number of rotatable bonds is 1. The largest absolute Gasteiger partial charge is 0.358 e. The maximum absolute atomic E-state index is 3.52. The molecule has 0 aliphatic carbocycles. The monoisotopic (exact) mass is 274 g/mol. The number of hydrogen-bond donors (Lipinski definition) is 1. The lowest BCUT2D eigenvalue weighted by atomic mass is 9.86. The standard InChI is InChI=1S/C19H18N2/c1-13-19(16-8-3-5-9-17(16)20-13)15-11-12-21(2)18-10-6-4-7-14(15)18/h3-12,15,20H,1-2H3. The molecule has 1 unspecified atom stereocenters. The predicted octanol–water partition coefficient (Wildman–Crippen LogP) is 4.57. The van der Waals surface area contributed by atoms with E-state index in [-0.39, 0.29) is 0 Å². The van der Waals surface area contributed by atoms with Gasteiger partial charge in [0.15, 0.2) is 0 Å². The zero-order valence-corrected chi connectivity index (χ0v) is 12.3. The molecule has 4 rings (SSSR count). The number of fused-ring (bicyclic) bond motifs is 2. The third-order valence-electron chi connectivity index (χ3n) is 4.41. The lowest BCUT2D eigenvalue weighted by Crippen LogP contribution is -2.17. The van der Waals surface area contributed by atoms with E-state index >= 15 is 0 Å². The number of allylic oxidation sites excluding steroid dienone is 1. The second-order valence-corrected chi connectivity index (χ2v) is 5.70. The predicted molar refractivity (Wildman–Crippen MR) is 88.9 cm³/mol. The molecular weight excluding hydrogens is 256 g/mol. The van der Waals surface area contributed by atoms with E-state index in [1.807, 2.05) is 0 Å². The van der Waals surface area contributed by atoms with Crippen LogP contribution in [0.3, 0.4) is 0 Å². The third-order valence-corrected chi connectivity index (χ3v) is 4.41. The number of nitrogens with zero attached hydrogens (tertiary/aromatic N) is 1. The molecule has 104 valence electrons. The fourth-order valence-corrected chi connectivity index (χ4v) is 3.42. The van der Waals surface area contributed by atoms with Gasteiger partial charge in [-0.1, -0.05) is 42.5 Å². The first-order valence-electron chi connectivity index (χ1n) is 7.33. The van der Waals surface area contributed by atoms with Crippen LogP contribution in [0.5, 0.6) is 0 Å². The highest BCUT2D eigenvalue weighted by Gasteiger charge is 2.24. The van der Waals surface area contributed by atoms with E-state index in [0.717, 1.165) is 0 Å². The Balaban J connectivity index is 1.97. The topological polar surface area (TPSA) is 19.0 Å². The van der Waals surface area contributed by atoms with Gasteiger partial charge >= 0.3 is 0 Å². The van der Waals surface area contributed by atoms with Crippen LogP contribution in [0.4, 0.5) is 5.69 Å². The van der Waals surface area contributed by atoms with Crippen molar-refractivity contribution in [2.45, 2.75) is 12.8 Å². The number of para-hydroxylation sites is 2. The molecule has 0 spiro atoms. The van der Waals surface area contributed by atoms with Crippen LogP contribution in [-0.4, -0.2) is 12.0 Å². The summed E-state index contributed by atoms with van der Waals surface area (Å²) >= 11 is 0. The molecular formula is C19H18N2. The van der Waals surface area contributed by atoms with Crippen molar-refractivity contribution in [3.8, 4) is 0 Å². The Kier molecular flexibility index (Phi) is 2.64. The molecule has 0 saturated carbocycles. The second-order valence-electron chi connectivity index (χ2n) is 5.70. The van der Waals surface area contributed by atoms with Gasteiger partial charge in [0, 0.05) is 41.4 Å². The molecule has 0 amide bonds. The van der Waals surface area contributed by atoms with Gasteiger partial charge in [-0.15, -0.1) is 0 Å². The van der Waals surface area contributed by atoms with Crippen molar-refractivity contribution in [2.24, 2.45) is 0 Å². The van der Waals surface area contributed by atoms with Crippen LogP contribution in [0.25, 0.3) is 10.9 Å². The summed E-state index contributed by atoms with van der Waals surface area (Å²) in [5.41, 5.74) is 6.52. The molecule has 2 heterocycles. The molecule has 0 fully saturated rings. The fraction of sp³-hybridized carbons (Fsp3) is 0.158. The SMILES string of the molecule is Cc1[nH]c2ccccc2c1C1C=CN(C)c2ccccc21. The zero-order valence-electron chi connectivity index (χ0n) is 12.3. The maximum atomic E-state index is 3.52. The highest BCUT2D eigenvalue weighted by atomic mass is 15.1. The number of benzene rings is 2. The summed E-state index contributed by atoms with van der Waals surface area (Å²) in [5.74, 6) is 0.313. The summed E-state index contributed by atoms with van der Waals surface area (Å²) in [6.07, 6.45) is 4.47. The van der Waals surface area contributed by atoms with Crippen molar-refractivity contribution in [1.82, 2.24) is 4.98 Å². The van der Waals surface area contributed by atoms with Gasteiger partial charge in [0.05, 0.1) is 0 Å². The minimum Gasteiger partial charge on any atom is -0.358 e. The lowest BCUT2D eigenvalue weighted by molar-refractivity contribution is 0.959. The van der Waals surface area contributed by atoms with Crippen LogP contribution in [0.15, 0.2) is 60.8 Å². The second kappa shape index (κ2) is 4.52. The minimum absolute atomic E-state index is 0.313. The molecule has 1 atom stereocenters. The maximum Gasteiger partial charge on any atom is 0.0459 e. The van der Waals surface area contributed by atoms with E-state index in [9.17, 15) is 0 Å². The van der Waals surface area contributed by atoms with Gasteiger partial charge < -0.3 is 9.88 Å². The Morgan fingerprint density at radius 1 is 1.00 bits per heavy atom. The highest BCUT2D eigenvalue weighted by molar-refractivity contribution is 5.86. The van der Waals surface area contributed by atoms with E-state index < -0.39 is 0 Å². The van der Waals surface area contributed by atoms with Gasteiger partial charge in [-0.05, 0) is 30.2 Å². The van der Waals surface area contributed by atoms with Crippen LogP contribution in [0.1, 0.15) is 22.7 Å². The first-order chi connectivity index (χ1) is 10.3. The summed E-state index contributed by atoms with van der Waals surface area (Å²) in [6.45, 7) is 2.17. The number of H-pyrrole nitrogens is 1. The van der Waals surface area contributed by atoms with Crippen LogP contribution in [-0.2, 0) is 0 Å². The fourth-order valence-electron chi connectivity index (χ4n) is 3.42. The van der Waals surface area contributed by atoms with Gasteiger partial charge in [0.1, 0.15) is 0 Å². The van der Waals surface area contributed by atoms with E-state index in [4.69, 9.17) is 0 Å². The van der Waals surface area contributed by atoms with Crippen molar-refractivity contribution in [2.75, 3.05) is 11.9 Å². The first-order valence-corrected chi connectivity index (χ1v) is 7.33. The Morgan fingerprint density at radius 2 is 1.76 bits per heavy atom. The smallest absolute Gasteiger partial charge is 0.0459 e. The first kappa shape index (κ1) is 12.3. The number of aromatic nitrogens is 1. The average molecular weight is 274 g/mol. The lowest BCUT2D eigenvalue weighted by Gasteiger charge is -2.28. The zero-order chi connectivity index (χ0) is 14.4. The van der Waals surface area contributed by atoms with Crippen LogP contribution in [0.2, 0.25) is 0 Å². The van der Waals surface area contributed by atoms with Crippen molar-refractivity contribution < 1.29 is 0 Å². The van der Waals surface area contributed by atoms with Crippen molar-refractivity contribution >= 4 is 16.6 Å². The van der Waals surface area contributed by atoms with Gasteiger partial charge in [-0.2, -0.15) is 0 Å². The van der Waals surface area contributed by atoms with Gasteiger partial charge in [0.2, 0.25) is 0 Å². The van der Waals surface area contributed by atoms with Crippen LogP contribution < -0.4 is 4.90 Å². The molecule has 1 aliphatic rings. The summed E-state index contributed by atoms with van der Waals surface area (Å²) in [5, 5.41) is 1.32. The Bertz CT molecular complexity index is 842. The molecule has 3 aromatic rings. The van der Waals surface area contributed by atoms with Gasteiger partial charge in [-0.25, -0.2) is 0 Å². The Morgan fingerprint density at radius 3 is 2.67 bits per heavy atom. The van der Waals surface area contributed by atoms with E-state index in [1.54, 1.807) is 0 Å². The highest BCUT2D eigenvalue weighted by Crippen LogP contribution is 2.40. The third kappa shape index (κ3) is 1.79. The van der Waals surface area contributed by atoms with Gasteiger partial charge in [-0.3, -0.25) is 0 Å². The summed E-state index contributed by atoms with van der Waals surface area (Å²) in [4.78, 5) is 5.71. The summed E-state index contributed by atoms with van der Waals surface area (Å²) < 4.78 is 0. The van der Waals surface area contributed by atoms with E-state index in [1.165, 1.54) is 33.4 Å². The molecule has 2 heteroatoms. The number of anilines is 1. The molecule has 1 aliphatic heterocycles. The van der Waals surface area contributed by atoms with Crippen molar-refractivity contribution in [1.29, 1.82) is 0 Å². The molecule has 21 heavy (non-hydrogen) atoms. The van der Waals surface area contributed by atoms with Crippen LogP contribution >= 0.6 is 0 Å². The molecule has 0 saturated heterocycles. The Hall–Kier alpha value is -2.48. The van der Waals surface area contributed by atoms with Crippen molar-refractivity contribution in [3.63, 3.8) is 0 Å². The summed E-state index contributed by atoms with van der Waals surface area (Å²) in [6, 6.07) is 17.2. The Labute approximate surface area is 124 Å². The van der Waals surface area contributed by atoms with E-state index in [2.05, 4.69) is 84.7 Å². The number of nitrogens with one attached hydrogen (secondary N) is 1. The molecule has 1 aromatic heterocycles. The molecule has 2 nitrogen and oxygen atoms in total. The molecule has 2 aromatic carbocycles. The quantitative estimate of drug-likeness (QED) is 0.688. The number of aromatic amines is 1. The van der Waals surface area contributed by atoms with Crippen molar-refractivity contribution in [3.05, 3.63) is 77.6 Å². The van der Waals surface area contributed by atoms with Crippen LogP contribution in [0, 0.1) is 6.92 Å². The molecule has 0 bridgehead atoms. The molecule has 1 N–H and O–H groups in total. The number of hydrogen-bond acceptors (Lipinski definition) is 1. The molecule has 0 radical (unpaired) electrons. The summed E-state index contributed by atoms with van der Waals surface area (Å²) in [7, 11) is 2.10.